The van der Waals surface area contributed by atoms with E-state index in [0.717, 1.165) is 6.54 Å². The Morgan fingerprint density at radius 2 is 2.44 bits per heavy atom. The molecule has 0 N–H and O–H groups in total. The van der Waals surface area contributed by atoms with Crippen LogP contribution in [0.5, 0.6) is 0 Å². The maximum atomic E-state index is 4.43. The molecule has 1 radical (unpaired) electrons. The third kappa shape index (κ3) is 1.66. The first kappa shape index (κ1) is 7.03. The summed E-state index contributed by atoms with van der Waals surface area (Å²) in [6.07, 6.45) is 3.13. The van der Waals surface area contributed by atoms with Gasteiger partial charge in [0.25, 0.3) is 0 Å². The van der Waals surface area contributed by atoms with Gasteiger partial charge in [-0.3, -0.25) is 4.90 Å². The van der Waals surface area contributed by atoms with E-state index in [4.69, 9.17) is 0 Å². The molecule has 1 fully saturated rings. The highest BCUT2D eigenvalue weighted by Crippen LogP contribution is 2.12. The van der Waals surface area contributed by atoms with Crippen molar-refractivity contribution in [2.45, 2.75) is 25.9 Å². The van der Waals surface area contributed by atoms with E-state index >= 15 is 0 Å². The Labute approximate surface area is 57.2 Å². The lowest BCUT2D eigenvalue weighted by molar-refractivity contribution is 0.264. The van der Waals surface area contributed by atoms with Crippen molar-refractivity contribution in [1.29, 1.82) is 0 Å². The molecule has 1 atom stereocenters. The van der Waals surface area contributed by atoms with Crippen LogP contribution in [-0.4, -0.2) is 31.2 Å². The van der Waals surface area contributed by atoms with Crippen LogP contribution in [0, 0.1) is 0 Å². The fourth-order valence-corrected chi connectivity index (χ4v) is 1.33. The average molecular weight is 127 g/mol. The van der Waals surface area contributed by atoms with Crippen LogP contribution in [0.2, 0.25) is 0 Å². The molecule has 9 heavy (non-hydrogen) atoms. The van der Waals surface area contributed by atoms with Gasteiger partial charge in [0, 0.05) is 6.54 Å². The first-order valence-electron chi connectivity index (χ1n) is 3.71. The summed E-state index contributed by atoms with van der Waals surface area (Å²) in [5.41, 5.74) is 0. The van der Waals surface area contributed by atoms with Crippen molar-refractivity contribution >= 4 is 0 Å². The van der Waals surface area contributed by atoms with Gasteiger partial charge in [0.2, 0.25) is 0 Å². The Bertz CT molecular complexity index is 83.0. The van der Waals surface area contributed by atoms with Crippen LogP contribution >= 0.6 is 0 Å². The van der Waals surface area contributed by atoms with Crippen molar-refractivity contribution in [3.8, 4) is 0 Å². The first-order valence-corrected chi connectivity index (χ1v) is 3.71. The lowest BCUT2D eigenvalue weighted by Gasteiger charge is -2.17. The summed E-state index contributed by atoms with van der Waals surface area (Å²) in [7, 11) is 2.15. The van der Waals surface area contributed by atoms with Gasteiger partial charge in [-0.05, 0) is 26.4 Å². The fourth-order valence-electron chi connectivity index (χ4n) is 1.33. The van der Waals surface area contributed by atoms with E-state index in [1.54, 1.807) is 0 Å². The smallest absolute Gasteiger partial charge is 0.0758 e. The molecule has 0 aromatic carbocycles. The van der Waals surface area contributed by atoms with Gasteiger partial charge in [-0.15, -0.1) is 0 Å². The largest absolute Gasteiger partial charge is 0.290 e. The van der Waals surface area contributed by atoms with E-state index in [-0.39, 0.29) is 0 Å². The van der Waals surface area contributed by atoms with E-state index in [0.29, 0.717) is 6.17 Å². The molecular formula is C7H15N2. The van der Waals surface area contributed by atoms with Gasteiger partial charge in [-0.2, -0.15) is 0 Å². The number of hydrogen-bond donors (Lipinski definition) is 0. The lowest BCUT2D eigenvalue weighted by Crippen LogP contribution is -2.33. The summed E-state index contributed by atoms with van der Waals surface area (Å²) in [5.74, 6) is 0. The molecule has 1 heterocycles. The van der Waals surface area contributed by atoms with Gasteiger partial charge in [-0.25, -0.2) is 5.32 Å². The Balaban J connectivity index is 2.22. The quantitative estimate of drug-likeness (QED) is 0.532. The van der Waals surface area contributed by atoms with Crippen molar-refractivity contribution in [2.24, 2.45) is 0 Å². The topological polar surface area (TPSA) is 17.3 Å². The van der Waals surface area contributed by atoms with Crippen molar-refractivity contribution in [2.75, 3.05) is 20.1 Å². The molecule has 1 unspecified atom stereocenters. The van der Waals surface area contributed by atoms with E-state index in [1.165, 1.54) is 19.4 Å². The molecule has 1 aliphatic heterocycles. The maximum absolute atomic E-state index is 4.43. The zero-order chi connectivity index (χ0) is 6.69. The minimum Gasteiger partial charge on any atom is -0.290 e. The Morgan fingerprint density at radius 3 is 2.89 bits per heavy atom. The molecule has 1 rings (SSSR count). The predicted molar refractivity (Wildman–Crippen MR) is 38.3 cm³/mol. The molecule has 0 saturated carbocycles. The SMILES string of the molecule is CC[N]C1CCCN1C. The molecule has 2 nitrogen and oxygen atoms in total. The van der Waals surface area contributed by atoms with Crippen LogP contribution in [0.15, 0.2) is 0 Å². The molecule has 0 aliphatic carbocycles. The summed E-state index contributed by atoms with van der Waals surface area (Å²) in [6.45, 7) is 4.30. The van der Waals surface area contributed by atoms with Gasteiger partial charge in [0.1, 0.15) is 0 Å². The summed E-state index contributed by atoms with van der Waals surface area (Å²) in [6, 6.07) is 0. The molecule has 53 valence electrons. The number of nitrogens with zero attached hydrogens (tertiary/aromatic N) is 2. The average Bonchev–Trinajstić information content (AvgIpc) is 2.18. The summed E-state index contributed by atoms with van der Waals surface area (Å²) >= 11 is 0. The molecular weight excluding hydrogens is 112 g/mol. The van der Waals surface area contributed by atoms with E-state index in [9.17, 15) is 0 Å². The zero-order valence-electron chi connectivity index (χ0n) is 6.30. The fraction of sp³-hybridized carbons (Fsp3) is 1.00. The molecule has 0 spiro atoms. The highest BCUT2D eigenvalue weighted by molar-refractivity contribution is 4.72. The second-order valence-corrected chi connectivity index (χ2v) is 2.60. The first-order chi connectivity index (χ1) is 4.34. The summed E-state index contributed by atoms with van der Waals surface area (Å²) < 4.78 is 0. The van der Waals surface area contributed by atoms with Crippen molar-refractivity contribution in [1.82, 2.24) is 10.2 Å². The lowest BCUT2D eigenvalue weighted by atomic mass is 10.3. The van der Waals surface area contributed by atoms with Crippen molar-refractivity contribution in [3.63, 3.8) is 0 Å². The molecule has 0 bridgehead atoms. The van der Waals surface area contributed by atoms with Crippen LogP contribution in [0.25, 0.3) is 0 Å². The molecule has 0 aromatic heterocycles. The number of hydrogen-bond acceptors (Lipinski definition) is 1. The predicted octanol–water partition coefficient (Wildman–Crippen LogP) is 0.662. The van der Waals surface area contributed by atoms with Crippen LogP contribution in [0.4, 0.5) is 0 Å². The second-order valence-electron chi connectivity index (χ2n) is 2.60. The van der Waals surface area contributed by atoms with E-state index in [1.807, 2.05) is 0 Å². The standard InChI is InChI=1S/C7H15N2/c1-3-8-7-5-4-6-9(7)2/h7H,3-6H2,1-2H3. The van der Waals surface area contributed by atoms with Gasteiger partial charge >= 0.3 is 0 Å². The van der Waals surface area contributed by atoms with Crippen LogP contribution in [-0.2, 0) is 0 Å². The van der Waals surface area contributed by atoms with Gasteiger partial charge < -0.3 is 0 Å². The monoisotopic (exact) mass is 127 g/mol. The normalized spacial score (nSPS) is 29.3. The highest BCUT2D eigenvalue weighted by Gasteiger charge is 2.19. The second kappa shape index (κ2) is 3.18. The molecule has 2 heteroatoms. The van der Waals surface area contributed by atoms with Gasteiger partial charge in [-0.1, -0.05) is 6.92 Å². The minimum atomic E-state index is 0.537. The molecule has 1 aliphatic rings. The third-order valence-corrected chi connectivity index (χ3v) is 1.88. The number of likely N-dealkylation sites (tertiary alicyclic amines) is 1. The molecule has 1 saturated heterocycles. The van der Waals surface area contributed by atoms with E-state index < -0.39 is 0 Å². The highest BCUT2D eigenvalue weighted by atomic mass is 15.3. The third-order valence-electron chi connectivity index (χ3n) is 1.88. The number of rotatable bonds is 2. The van der Waals surface area contributed by atoms with Gasteiger partial charge in [0.05, 0.1) is 6.17 Å². The Morgan fingerprint density at radius 1 is 1.67 bits per heavy atom. The van der Waals surface area contributed by atoms with Crippen LogP contribution < -0.4 is 5.32 Å². The van der Waals surface area contributed by atoms with E-state index in [2.05, 4.69) is 24.2 Å². The van der Waals surface area contributed by atoms with Gasteiger partial charge in [0.15, 0.2) is 0 Å². The summed E-state index contributed by atoms with van der Waals surface area (Å²) in [5, 5.41) is 4.43. The van der Waals surface area contributed by atoms with Crippen LogP contribution in [0.3, 0.4) is 0 Å². The Hall–Kier alpha value is -0.0800. The van der Waals surface area contributed by atoms with Crippen molar-refractivity contribution in [3.05, 3.63) is 0 Å². The Kier molecular flexibility index (Phi) is 2.49. The maximum Gasteiger partial charge on any atom is 0.0758 e. The van der Waals surface area contributed by atoms with Crippen molar-refractivity contribution < 1.29 is 0 Å². The minimum absolute atomic E-state index is 0.537. The summed E-state index contributed by atoms with van der Waals surface area (Å²) in [4.78, 5) is 2.32. The molecule has 0 aromatic rings. The zero-order valence-corrected chi connectivity index (χ0v) is 6.30. The van der Waals surface area contributed by atoms with Crippen LogP contribution in [0.1, 0.15) is 19.8 Å². The molecule has 0 amide bonds.